The second-order valence-corrected chi connectivity index (χ2v) is 5.21. The summed E-state index contributed by atoms with van der Waals surface area (Å²) >= 11 is 0. The van der Waals surface area contributed by atoms with Crippen molar-refractivity contribution in [3.63, 3.8) is 0 Å². The first-order chi connectivity index (χ1) is 12.1. The lowest BCUT2D eigenvalue weighted by Gasteiger charge is -2.10. The quantitative estimate of drug-likeness (QED) is 0.591. The maximum absolute atomic E-state index is 13.8. The van der Waals surface area contributed by atoms with Gasteiger partial charge in [0.1, 0.15) is 11.5 Å². The molecule has 0 aliphatic heterocycles. The van der Waals surface area contributed by atoms with Gasteiger partial charge in [0.2, 0.25) is 0 Å². The van der Waals surface area contributed by atoms with E-state index < -0.39 is 11.6 Å². The van der Waals surface area contributed by atoms with Gasteiger partial charge >= 0.3 is 7.69 Å². The highest BCUT2D eigenvalue weighted by atomic mass is 19.1. The van der Waals surface area contributed by atoms with Crippen molar-refractivity contribution >= 4 is 7.69 Å². The molecule has 0 N–H and O–H groups in total. The van der Waals surface area contributed by atoms with Crippen LogP contribution in [0.3, 0.4) is 0 Å². The van der Waals surface area contributed by atoms with Gasteiger partial charge in [-0.3, -0.25) is 0 Å². The van der Waals surface area contributed by atoms with Crippen LogP contribution in [0.4, 0.5) is 8.78 Å². The largest absolute Gasteiger partial charge is 0.658 e. The summed E-state index contributed by atoms with van der Waals surface area (Å²) in [6, 6.07) is 8.44. The van der Waals surface area contributed by atoms with Crippen LogP contribution in [-0.4, -0.2) is 20.9 Å². The first kappa shape index (κ1) is 18.9. The van der Waals surface area contributed by atoms with Gasteiger partial charge in [0.15, 0.2) is 23.1 Å². The molecule has 0 aliphatic rings. The normalized spacial score (nSPS) is 10.2. The fraction of sp³-hybridized carbons (Fsp3) is 0.333. The Kier molecular flexibility index (Phi) is 7.38. The third-order valence-electron chi connectivity index (χ3n) is 3.10. The molecule has 0 aliphatic carbocycles. The molecule has 2 rings (SSSR count). The Bertz CT molecular complexity index is 625. The van der Waals surface area contributed by atoms with Crippen molar-refractivity contribution in [2.75, 3.05) is 13.2 Å². The van der Waals surface area contributed by atoms with E-state index in [0.29, 0.717) is 13.2 Å². The van der Waals surface area contributed by atoms with Gasteiger partial charge in [0.25, 0.3) is 0 Å². The Morgan fingerprint density at radius 1 is 0.760 bits per heavy atom. The Morgan fingerprint density at radius 2 is 1.20 bits per heavy atom. The molecular weight excluding hydrogens is 329 g/mol. The topological polar surface area (TPSA) is 36.9 Å². The van der Waals surface area contributed by atoms with Gasteiger partial charge in [0, 0.05) is 12.1 Å². The van der Waals surface area contributed by atoms with Crippen molar-refractivity contribution < 1.29 is 27.6 Å². The second-order valence-electron chi connectivity index (χ2n) is 5.21. The third-order valence-corrected chi connectivity index (χ3v) is 3.10. The minimum atomic E-state index is -0.525. The van der Waals surface area contributed by atoms with Crippen LogP contribution in [-0.2, 0) is 0 Å². The van der Waals surface area contributed by atoms with Crippen molar-refractivity contribution in [3.8, 4) is 23.0 Å². The van der Waals surface area contributed by atoms with Crippen LogP contribution in [0.25, 0.3) is 0 Å². The molecule has 0 atom stereocenters. The van der Waals surface area contributed by atoms with Gasteiger partial charge in [-0.2, -0.15) is 0 Å². The summed E-state index contributed by atoms with van der Waals surface area (Å²) < 4.78 is 48.5. The molecule has 0 spiro atoms. The summed E-state index contributed by atoms with van der Waals surface area (Å²) in [6.07, 6.45) is 1.58. The maximum atomic E-state index is 13.8. The van der Waals surface area contributed by atoms with Crippen LogP contribution in [0.2, 0.25) is 0 Å². The Morgan fingerprint density at radius 3 is 1.56 bits per heavy atom. The number of rotatable bonds is 10. The lowest BCUT2D eigenvalue weighted by atomic mass is 10.2. The molecule has 0 fully saturated rings. The van der Waals surface area contributed by atoms with Crippen molar-refractivity contribution in [1.29, 1.82) is 0 Å². The summed E-state index contributed by atoms with van der Waals surface area (Å²) in [4.78, 5) is 0. The van der Waals surface area contributed by atoms with Crippen LogP contribution in [0, 0.1) is 11.6 Å². The van der Waals surface area contributed by atoms with Crippen LogP contribution >= 0.6 is 0 Å². The average Bonchev–Trinajstić information content (AvgIpc) is 2.60. The number of hydrogen-bond acceptors (Lipinski definition) is 4. The highest BCUT2D eigenvalue weighted by Crippen LogP contribution is 2.24. The predicted octanol–water partition coefficient (Wildman–Crippen LogP) is 4.53. The molecule has 2 aromatic carbocycles. The molecule has 0 amide bonds. The molecule has 0 saturated carbocycles. The van der Waals surface area contributed by atoms with E-state index in [4.69, 9.17) is 18.8 Å². The summed E-state index contributed by atoms with van der Waals surface area (Å²) in [5.41, 5.74) is 0. The van der Waals surface area contributed by atoms with Gasteiger partial charge in [-0.25, -0.2) is 8.78 Å². The van der Waals surface area contributed by atoms with E-state index in [0.717, 1.165) is 20.5 Å². The Labute approximate surface area is 147 Å². The summed E-state index contributed by atoms with van der Waals surface area (Å²) in [5, 5.41) is 0. The van der Waals surface area contributed by atoms with Gasteiger partial charge in [0.05, 0.1) is 13.2 Å². The molecule has 1 radical (unpaired) electrons. The molecule has 133 valence electrons. The number of hydrogen-bond donors (Lipinski definition) is 0. The fourth-order valence-corrected chi connectivity index (χ4v) is 1.90. The lowest BCUT2D eigenvalue weighted by Crippen LogP contribution is -2.11. The third kappa shape index (κ3) is 5.85. The average molecular weight is 349 g/mol. The zero-order valence-corrected chi connectivity index (χ0v) is 14.3. The number of benzene rings is 2. The van der Waals surface area contributed by atoms with E-state index in [9.17, 15) is 8.78 Å². The molecule has 0 bridgehead atoms. The zero-order valence-electron chi connectivity index (χ0n) is 14.3. The SMILES string of the molecule is CCCOc1ccc(O[B]Oc2ccc(OCCC)c(F)c2)cc1F. The summed E-state index contributed by atoms with van der Waals surface area (Å²) in [6.45, 7) is 4.76. The smallest absolute Gasteiger partial charge is 0.526 e. The fourth-order valence-electron chi connectivity index (χ4n) is 1.90. The van der Waals surface area contributed by atoms with Crippen molar-refractivity contribution in [2.24, 2.45) is 0 Å². The zero-order chi connectivity index (χ0) is 18.1. The summed E-state index contributed by atoms with van der Waals surface area (Å²) in [7, 11) is 1.00. The standard InChI is InChI=1S/C18H20BF2O4/c1-3-9-22-17-7-5-13(11-15(17)20)24-19-25-14-6-8-18(16(21)12-14)23-10-4-2/h5-8,11-12H,3-4,9-10H2,1-2H3. The van der Waals surface area contributed by atoms with Crippen LogP contribution in [0.15, 0.2) is 36.4 Å². The van der Waals surface area contributed by atoms with Crippen LogP contribution in [0.1, 0.15) is 26.7 Å². The van der Waals surface area contributed by atoms with Gasteiger partial charge in [-0.15, -0.1) is 0 Å². The molecule has 0 saturated heterocycles. The molecule has 25 heavy (non-hydrogen) atoms. The molecule has 2 aromatic rings. The highest BCUT2D eigenvalue weighted by molar-refractivity contribution is 6.20. The van der Waals surface area contributed by atoms with E-state index in [1.807, 2.05) is 13.8 Å². The second kappa shape index (κ2) is 9.76. The molecule has 7 heteroatoms. The summed E-state index contributed by atoms with van der Waals surface area (Å²) in [5.74, 6) is -0.236. The van der Waals surface area contributed by atoms with Crippen molar-refractivity contribution in [1.82, 2.24) is 0 Å². The maximum Gasteiger partial charge on any atom is 0.658 e. The van der Waals surface area contributed by atoms with E-state index in [1.54, 1.807) is 12.1 Å². The Balaban J connectivity index is 1.86. The lowest BCUT2D eigenvalue weighted by molar-refractivity contribution is 0.300. The number of halogens is 2. The predicted molar refractivity (Wildman–Crippen MR) is 91.4 cm³/mol. The van der Waals surface area contributed by atoms with Gasteiger partial charge in [-0.1, -0.05) is 13.8 Å². The van der Waals surface area contributed by atoms with Crippen molar-refractivity contribution in [3.05, 3.63) is 48.0 Å². The number of ether oxygens (including phenoxy) is 2. The highest BCUT2D eigenvalue weighted by Gasteiger charge is 2.09. The molecule has 0 aromatic heterocycles. The minimum absolute atomic E-state index is 0.167. The van der Waals surface area contributed by atoms with Crippen LogP contribution < -0.4 is 18.8 Å². The molecule has 0 unspecified atom stereocenters. The molecular formula is C18H20BF2O4. The Hall–Kier alpha value is -2.44. The van der Waals surface area contributed by atoms with Gasteiger partial charge in [-0.05, 0) is 37.1 Å². The van der Waals surface area contributed by atoms with E-state index in [-0.39, 0.29) is 23.0 Å². The van der Waals surface area contributed by atoms with Crippen molar-refractivity contribution in [2.45, 2.75) is 26.7 Å². The van der Waals surface area contributed by atoms with E-state index >= 15 is 0 Å². The minimum Gasteiger partial charge on any atom is -0.526 e. The molecule has 4 nitrogen and oxygen atoms in total. The van der Waals surface area contributed by atoms with Gasteiger partial charge < -0.3 is 18.8 Å². The molecule has 0 heterocycles. The first-order valence-corrected chi connectivity index (χ1v) is 8.13. The van der Waals surface area contributed by atoms with E-state index in [2.05, 4.69) is 0 Å². The monoisotopic (exact) mass is 349 g/mol. The van der Waals surface area contributed by atoms with Crippen LogP contribution in [0.5, 0.6) is 23.0 Å². The van der Waals surface area contributed by atoms with E-state index in [1.165, 1.54) is 24.3 Å². The first-order valence-electron chi connectivity index (χ1n) is 8.13.